The zero-order valence-corrected chi connectivity index (χ0v) is 4.46. The molecule has 0 unspecified atom stereocenters. The lowest BCUT2D eigenvalue weighted by Gasteiger charge is -2.03. The van der Waals surface area contributed by atoms with Gasteiger partial charge in [-0.3, -0.25) is 0 Å². The molecule has 0 fully saturated rings. The van der Waals surface area contributed by atoms with Gasteiger partial charge in [-0.05, 0) is 6.92 Å². The van der Waals surface area contributed by atoms with Crippen LogP contribution in [0.2, 0.25) is 0 Å². The van der Waals surface area contributed by atoms with E-state index in [0.29, 0.717) is 0 Å². The molecule has 0 amide bonds. The molecule has 50 valence electrons. The van der Waals surface area contributed by atoms with Gasteiger partial charge in [-0.1, -0.05) is 0 Å². The summed E-state index contributed by atoms with van der Waals surface area (Å²) in [6.45, 7) is 0.495. The molecular formula is C4H7F3O. The molecule has 0 saturated carbocycles. The average molecular weight is 128 g/mol. The van der Waals surface area contributed by atoms with E-state index in [-0.39, 0.29) is 6.61 Å². The molecule has 0 atom stereocenters. The van der Waals surface area contributed by atoms with Crippen LogP contribution >= 0.6 is 0 Å². The molecule has 0 spiro atoms. The molecule has 0 N–H and O–H groups in total. The predicted octanol–water partition coefficient (Wildman–Crippen LogP) is 1.59. The maximum Gasteiger partial charge on any atom is 0.411 e. The lowest BCUT2D eigenvalue weighted by molar-refractivity contribution is -0.172. The van der Waals surface area contributed by atoms with Gasteiger partial charge >= 0.3 is 6.18 Å². The van der Waals surface area contributed by atoms with Crippen LogP contribution in [-0.4, -0.2) is 19.4 Å². The topological polar surface area (TPSA) is 9.23 Å². The second-order valence-corrected chi connectivity index (χ2v) is 1.25. The molecule has 8 heavy (non-hydrogen) atoms. The second kappa shape index (κ2) is 2.91. The van der Waals surface area contributed by atoms with Crippen LogP contribution in [0, 0.1) is 0 Å². The highest BCUT2D eigenvalue weighted by Gasteiger charge is 2.26. The fraction of sp³-hybridized carbons (Fsp3) is 1.00. The molecule has 0 radical (unpaired) electrons. The minimum Gasteiger partial charge on any atom is -0.372 e. The Labute approximate surface area is 45.4 Å². The minimum atomic E-state index is -4.17. The Hall–Kier alpha value is -0.250. The first-order valence-electron chi connectivity index (χ1n) is 2.20. The molecular weight excluding hydrogens is 121 g/mol. The number of ether oxygens (including phenoxy) is 1. The fourth-order valence-corrected chi connectivity index (χ4v) is 0.218. The summed E-state index contributed by atoms with van der Waals surface area (Å²) in [7, 11) is 0. The van der Waals surface area contributed by atoms with Crippen molar-refractivity contribution in [3.05, 3.63) is 0 Å². The normalized spacial score (nSPS) is 12.0. The van der Waals surface area contributed by atoms with Crippen molar-refractivity contribution in [3.63, 3.8) is 0 Å². The third-order valence-electron chi connectivity index (χ3n) is 0.470. The van der Waals surface area contributed by atoms with E-state index in [1.54, 1.807) is 0 Å². The van der Waals surface area contributed by atoms with E-state index >= 15 is 0 Å². The highest BCUT2D eigenvalue weighted by molar-refractivity contribution is 4.43. The van der Waals surface area contributed by atoms with E-state index in [0.717, 1.165) is 0 Å². The summed E-state index contributed by atoms with van der Waals surface area (Å²) in [5, 5.41) is 0. The maximum atomic E-state index is 11.1. The van der Waals surface area contributed by atoms with Crippen LogP contribution in [-0.2, 0) is 4.74 Å². The SMILES string of the molecule is CCOCC(F)(F)F. The van der Waals surface area contributed by atoms with Gasteiger partial charge in [0.15, 0.2) is 0 Å². The van der Waals surface area contributed by atoms with Crippen LogP contribution in [0.5, 0.6) is 0 Å². The number of rotatable bonds is 2. The largest absolute Gasteiger partial charge is 0.411 e. The van der Waals surface area contributed by atoms with Crippen LogP contribution in [0.4, 0.5) is 13.2 Å². The van der Waals surface area contributed by atoms with E-state index in [9.17, 15) is 13.2 Å². The van der Waals surface area contributed by atoms with Crippen molar-refractivity contribution in [2.24, 2.45) is 0 Å². The van der Waals surface area contributed by atoms with Gasteiger partial charge in [0.25, 0.3) is 0 Å². The molecule has 0 aliphatic carbocycles. The van der Waals surface area contributed by atoms with Crippen LogP contribution in [0.15, 0.2) is 0 Å². The summed E-state index contributed by atoms with van der Waals surface area (Å²) in [6.07, 6.45) is -4.17. The Morgan fingerprint density at radius 2 is 1.88 bits per heavy atom. The molecule has 1 nitrogen and oxygen atoms in total. The minimum absolute atomic E-state index is 0.111. The zero-order chi connectivity index (χ0) is 6.62. The molecule has 0 rings (SSSR count). The molecule has 0 aromatic carbocycles. The fourth-order valence-electron chi connectivity index (χ4n) is 0.218. The average Bonchev–Trinajstić information content (AvgIpc) is 1.59. The Morgan fingerprint density at radius 1 is 1.38 bits per heavy atom. The van der Waals surface area contributed by atoms with Crippen LogP contribution in [0.1, 0.15) is 6.92 Å². The summed E-state index contributed by atoms with van der Waals surface area (Å²) in [6, 6.07) is 0. The lowest BCUT2D eigenvalue weighted by atomic mass is 10.7. The summed E-state index contributed by atoms with van der Waals surface area (Å²) >= 11 is 0. The van der Waals surface area contributed by atoms with Gasteiger partial charge in [0, 0.05) is 6.61 Å². The van der Waals surface area contributed by atoms with E-state index in [4.69, 9.17) is 0 Å². The van der Waals surface area contributed by atoms with Crippen molar-refractivity contribution in [1.82, 2.24) is 0 Å². The summed E-state index contributed by atoms with van der Waals surface area (Å²) < 4.78 is 37.4. The predicted molar refractivity (Wildman–Crippen MR) is 22.5 cm³/mol. The summed E-state index contributed by atoms with van der Waals surface area (Å²) in [5.74, 6) is 0. The van der Waals surface area contributed by atoms with Crippen LogP contribution in [0.3, 0.4) is 0 Å². The van der Waals surface area contributed by atoms with Gasteiger partial charge in [0.2, 0.25) is 0 Å². The Bertz CT molecular complexity index is 58.8. The number of hydrogen-bond acceptors (Lipinski definition) is 1. The third-order valence-corrected chi connectivity index (χ3v) is 0.470. The van der Waals surface area contributed by atoms with Gasteiger partial charge in [-0.2, -0.15) is 13.2 Å². The first kappa shape index (κ1) is 7.75. The van der Waals surface area contributed by atoms with Crippen molar-refractivity contribution in [2.45, 2.75) is 13.1 Å². The van der Waals surface area contributed by atoms with Crippen molar-refractivity contribution in [3.8, 4) is 0 Å². The van der Waals surface area contributed by atoms with Gasteiger partial charge < -0.3 is 4.74 Å². The van der Waals surface area contributed by atoms with E-state index in [1.165, 1.54) is 6.92 Å². The highest BCUT2D eigenvalue weighted by atomic mass is 19.4. The maximum absolute atomic E-state index is 11.1. The second-order valence-electron chi connectivity index (χ2n) is 1.25. The monoisotopic (exact) mass is 128 g/mol. The first-order chi connectivity index (χ1) is 3.56. The van der Waals surface area contributed by atoms with Gasteiger partial charge in [-0.15, -0.1) is 0 Å². The van der Waals surface area contributed by atoms with Crippen molar-refractivity contribution >= 4 is 0 Å². The zero-order valence-electron chi connectivity index (χ0n) is 4.46. The molecule has 0 aliphatic rings. The lowest BCUT2D eigenvalue weighted by Crippen LogP contribution is -2.16. The van der Waals surface area contributed by atoms with Gasteiger partial charge in [0.05, 0.1) is 0 Å². The van der Waals surface area contributed by atoms with E-state index in [1.807, 2.05) is 0 Å². The number of alkyl halides is 3. The Morgan fingerprint density at radius 3 is 2.00 bits per heavy atom. The Kier molecular flexibility index (Phi) is 2.82. The molecule has 4 heteroatoms. The molecule has 0 heterocycles. The number of halogens is 3. The standard InChI is InChI=1S/C4H7F3O/c1-2-8-3-4(5,6)7/h2-3H2,1H3. The van der Waals surface area contributed by atoms with Gasteiger partial charge in [-0.25, -0.2) is 0 Å². The van der Waals surface area contributed by atoms with E-state index < -0.39 is 12.8 Å². The molecule has 0 aromatic heterocycles. The van der Waals surface area contributed by atoms with Crippen LogP contribution < -0.4 is 0 Å². The smallest absolute Gasteiger partial charge is 0.372 e. The first-order valence-corrected chi connectivity index (χ1v) is 2.20. The molecule has 0 bridgehead atoms. The van der Waals surface area contributed by atoms with Crippen molar-refractivity contribution in [1.29, 1.82) is 0 Å². The summed E-state index contributed by atoms with van der Waals surface area (Å²) in [4.78, 5) is 0. The third kappa shape index (κ3) is 5.75. The molecule has 0 aromatic rings. The quantitative estimate of drug-likeness (QED) is 0.548. The van der Waals surface area contributed by atoms with Crippen molar-refractivity contribution < 1.29 is 17.9 Å². The van der Waals surface area contributed by atoms with Crippen LogP contribution in [0.25, 0.3) is 0 Å². The van der Waals surface area contributed by atoms with Crippen molar-refractivity contribution in [2.75, 3.05) is 13.2 Å². The van der Waals surface area contributed by atoms with Gasteiger partial charge in [0.1, 0.15) is 6.61 Å². The number of hydrogen-bond donors (Lipinski definition) is 0. The Balaban J connectivity index is 3.11. The summed E-state index contributed by atoms with van der Waals surface area (Å²) in [5.41, 5.74) is 0. The molecule has 0 saturated heterocycles. The van der Waals surface area contributed by atoms with E-state index in [2.05, 4.69) is 4.74 Å². The molecule has 0 aliphatic heterocycles. The highest BCUT2D eigenvalue weighted by Crippen LogP contribution is 2.13.